The Kier molecular flexibility index (Phi) is 6.51. The first-order chi connectivity index (χ1) is 20.6. The number of carbonyl (C=O) groups excluding carboxylic acids is 2. The fourth-order valence-electron chi connectivity index (χ4n) is 8.56. The lowest BCUT2D eigenvalue weighted by Gasteiger charge is -2.58. The molecule has 4 aliphatic rings. The summed E-state index contributed by atoms with van der Waals surface area (Å²) in [6.45, 7) is 4.04. The van der Waals surface area contributed by atoms with E-state index >= 15 is 0 Å². The van der Waals surface area contributed by atoms with E-state index in [1.165, 1.54) is 12.3 Å². The number of carbonyl (C=O) groups is 2. The van der Waals surface area contributed by atoms with Crippen LogP contribution in [0.15, 0.2) is 59.3 Å². The first-order valence-corrected chi connectivity index (χ1v) is 15.2. The maximum Gasteiger partial charge on any atom is 0.361 e. The van der Waals surface area contributed by atoms with E-state index in [0.717, 1.165) is 29.5 Å². The predicted molar refractivity (Wildman–Crippen MR) is 152 cm³/mol. The van der Waals surface area contributed by atoms with Gasteiger partial charge in [-0.3, -0.25) is 4.79 Å². The number of hydrogen-bond donors (Lipinski definition) is 1. The van der Waals surface area contributed by atoms with E-state index in [4.69, 9.17) is 9.15 Å². The number of hydrogen-bond acceptors (Lipinski definition) is 9. The Morgan fingerprint density at radius 3 is 2.81 bits per heavy atom. The molecule has 0 unspecified atom stereocenters. The van der Waals surface area contributed by atoms with Crippen LogP contribution in [0.1, 0.15) is 54.9 Å². The van der Waals surface area contributed by atoms with Gasteiger partial charge in [0.2, 0.25) is 11.1 Å². The number of ether oxygens (including phenoxy) is 1. The second-order valence-electron chi connectivity index (χ2n) is 12.4. The standard InChI is InChI=1S/C31H30F2N4O5S/c1-29-10-17-12-36-37(19-4-6-25(33)34-13-19)23(17)9-18(29)3-5-20-21-7-8-31(28(40)43-15-32,30(21,2)11-24(38)26(20)29)42-27(39)22-14-41-16-35-22/h3-6,9,12-14,16,20-21,24,26,38H,7-8,10-11,15H2,1-2H3/t20-,21-,24-,26+,29-,30-,31-/m0/s1. The second kappa shape index (κ2) is 9.95. The number of rotatable bonds is 5. The number of esters is 1. The smallest absolute Gasteiger partial charge is 0.361 e. The number of oxazole rings is 1. The SMILES string of the molecule is C[C@]12Cc3cnn(-c4ccc(F)nc4)c3C=C1C=C[C@@H]1[C@@H]2[C@@H](O)C[C@@]2(C)[C@H]1CC[C@]2(OC(=O)c1cocn1)C(=O)SCF. The first-order valence-electron chi connectivity index (χ1n) is 14.2. The molecule has 2 fully saturated rings. The molecule has 224 valence electrons. The summed E-state index contributed by atoms with van der Waals surface area (Å²) in [6.07, 6.45) is 12.5. The van der Waals surface area contributed by atoms with Crippen LogP contribution in [0, 0.1) is 34.5 Å². The lowest BCUT2D eigenvalue weighted by Crippen LogP contribution is -2.62. The summed E-state index contributed by atoms with van der Waals surface area (Å²) in [7, 11) is 0. The fourth-order valence-corrected chi connectivity index (χ4v) is 9.27. The van der Waals surface area contributed by atoms with Crippen molar-refractivity contribution >= 4 is 28.9 Å². The van der Waals surface area contributed by atoms with Gasteiger partial charge < -0.3 is 14.3 Å². The van der Waals surface area contributed by atoms with Crippen molar-refractivity contribution in [1.82, 2.24) is 19.7 Å². The molecule has 0 radical (unpaired) electrons. The molecule has 0 saturated heterocycles. The Bertz CT molecular complexity index is 1660. The first kappa shape index (κ1) is 28.1. The molecule has 43 heavy (non-hydrogen) atoms. The maximum absolute atomic E-state index is 13.6. The number of allylic oxidation sites excluding steroid dienone is 3. The van der Waals surface area contributed by atoms with Crippen molar-refractivity contribution in [2.45, 2.75) is 51.2 Å². The van der Waals surface area contributed by atoms with Crippen molar-refractivity contribution in [1.29, 1.82) is 0 Å². The van der Waals surface area contributed by atoms with Crippen molar-refractivity contribution in [3.8, 4) is 5.69 Å². The summed E-state index contributed by atoms with van der Waals surface area (Å²) in [5, 5.41) is 16.0. The van der Waals surface area contributed by atoms with Crippen LogP contribution < -0.4 is 0 Å². The maximum atomic E-state index is 13.6. The predicted octanol–water partition coefficient (Wildman–Crippen LogP) is 5.11. The van der Waals surface area contributed by atoms with Crippen LogP contribution in [0.2, 0.25) is 0 Å². The quantitative estimate of drug-likeness (QED) is 0.311. The van der Waals surface area contributed by atoms with E-state index in [2.05, 4.69) is 40.2 Å². The molecule has 1 N–H and O–H groups in total. The number of alkyl halides is 1. The number of aliphatic hydroxyl groups is 1. The molecule has 9 nitrogen and oxygen atoms in total. The van der Waals surface area contributed by atoms with Gasteiger partial charge in [0.1, 0.15) is 12.3 Å². The number of nitrogens with zero attached hydrogens (tertiary/aromatic N) is 4. The molecule has 0 bridgehead atoms. The Morgan fingerprint density at radius 2 is 2.09 bits per heavy atom. The summed E-state index contributed by atoms with van der Waals surface area (Å²) >= 11 is 0.493. The number of thioether (sulfide) groups is 1. The largest absolute Gasteiger partial charge is 0.451 e. The number of halogens is 2. The minimum Gasteiger partial charge on any atom is -0.451 e. The van der Waals surface area contributed by atoms with Gasteiger partial charge in [-0.2, -0.15) is 9.49 Å². The van der Waals surface area contributed by atoms with E-state index in [9.17, 15) is 23.5 Å². The van der Waals surface area contributed by atoms with Crippen LogP contribution in [0.25, 0.3) is 11.8 Å². The Hall–Kier alpha value is -3.64. The summed E-state index contributed by atoms with van der Waals surface area (Å²) in [5.74, 6) is -1.80. The number of pyridine rings is 1. The summed E-state index contributed by atoms with van der Waals surface area (Å²) < 4.78 is 39.7. The lowest BCUT2D eigenvalue weighted by atomic mass is 9.47. The summed E-state index contributed by atoms with van der Waals surface area (Å²) in [6, 6.07) is 1.98. The van der Waals surface area contributed by atoms with Gasteiger partial charge in [0.25, 0.3) is 0 Å². The highest BCUT2D eigenvalue weighted by atomic mass is 32.2. The molecule has 3 heterocycles. The molecule has 3 aromatic heterocycles. The van der Waals surface area contributed by atoms with Gasteiger partial charge in [-0.05, 0) is 78.6 Å². The Labute approximate surface area is 250 Å². The highest BCUT2D eigenvalue weighted by Crippen LogP contribution is 2.67. The third kappa shape index (κ3) is 4.02. The number of aromatic nitrogens is 4. The topological polar surface area (TPSA) is 120 Å². The van der Waals surface area contributed by atoms with Crippen LogP contribution in [-0.2, 0) is 16.0 Å². The molecule has 0 aliphatic heterocycles. The molecule has 12 heteroatoms. The molecular formula is C31H30F2N4O5S. The molecule has 0 aromatic carbocycles. The third-order valence-corrected chi connectivity index (χ3v) is 11.2. The zero-order chi connectivity index (χ0) is 30.1. The molecule has 0 spiro atoms. The minimum atomic E-state index is -1.63. The number of fused-ring (bicyclic) bond motifs is 6. The van der Waals surface area contributed by atoms with Gasteiger partial charge in [-0.15, -0.1) is 0 Å². The zero-order valence-electron chi connectivity index (χ0n) is 23.6. The van der Waals surface area contributed by atoms with Gasteiger partial charge in [-0.25, -0.2) is 23.8 Å². The van der Waals surface area contributed by atoms with Gasteiger partial charge >= 0.3 is 5.97 Å². The average molecular weight is 609 g/mol. The van der Waals surface area contributed by atoms with Crippen LogP contribution in [-0.4, -0.2) is 53.7 Å². The monoisotopic (exact) mass is 608 g/mol. The summed E-state index contributed by atoms with van der Waals surface area (Å²) in [5.41, 5.74) is 0.476. The van der Waals surface area contributed by atoms with Crippen molar-refractivity contribution in [3.63, 3.8) is 0 Å². The van der Waals surface area contributed by atoms with Crippen molar-refractivity contribution < 1.29 is 32.6 Å². The molecule has 0 amide bonds. The van der Waals surface area contributed by atoms with Crippen LogP contribution in [0.3, 0.4) is 0 Å². The van der Waals surface area contributed by atoms with Crippen molar-refractivity contribution in [3.05, 3.63) is 77.8 Å². The molecule has 4 aliphatic carbocycles. The van der Waals surface area contributed by atoms with E-state index in [-0.39, 0.29) is 36.3 Å². The molecule has 7 atom stereocenters. The number of aliphatic hydroxyl groups excluding tert-OH is 1. The van der Waals surface area contributed by atoms with Crippen molar-refractivity contribution in [2.24, 2.45) is 28.6 Å². The summed E-state index contributed by atoms with van der Waals surface area (Å²) in [4.78, 5) is 34.4. The molecule has 2 saturated carbocycles. The minimum absolute atomic E-state index is 0.0754. The third-order valence-electron chi connectivity index (χ3n) is 10.5. The van der Waals surface area contributed by atoms with Gasteiger partial charge in [0.05, 0.1) is 29.9 Å². The van der Waals surface area contributed by atoms with Crippen LogP contribution >= 0.6 is 11.8 Å². The highest BCUT2D eigenvalue weighted by Gasteiger charge is 2.70. The molecule has 3 aromatic rings. The van der Waals surface area contributed by atoms with Crippen molar-refractivity contribution in [2.75, 3.05) is 6.01 Å². The zero-order valence-corrected chi connectivity index (χ0v) is 24.4. The lowest BCUT2D eigenvalue weighted by molar-refractivity contribution is -0.166. The average Bonchev–Trinajstić information content (AvgIpc) is 3.71. The second-order valence-corrected chi connectivity index (χ2v) is 13.3. The van der Waals surface area contributed by atoms with E-state index in [1.54, 1.807) is 16.9 Å². The van der Waals surface area contributed by atoms with Gasteiger partial charge in [0, 0.05) is 16.7 Å². The van der Waals surface area contributed by atoms with Gasteiger partial charge in [0.15, 0.2) is 17.7 Å². The Balaban J connectivity index is 1.26. The molecule has 7 rings (SSSR count). The van der Waals surface area contributed by atoms with E-state index in [0.29, 0.717) is 30.3 Å². The normalized spacial score (nSPS) is 34.0. The van der Waals surface area contributed by atoms with Crippen LogP contribution in [0.5, 0.6) is 0 Å². The van der Waals surface area contributed by atoms with E-state index < -0.39 is 45.6 Å². The Morgan fingerprint density at radius 1 is 1.26 bits per heavy atom. The van der Waals surface area contributed by atoms with Crippen LogP contribution in [0.4, 0.5) is 8.78 Å². The van der Waals surface area contributed by atoms with E-state index in [1.807, 2.05) is 6.92 Å². The van der Waals surface area contributed by atoms with Gasteiger partial charge in [-0.1, -0.05) is 26.0 Å². The highest BCUT2D eigenvalue weighted by molar-refractivity contribution is 8.13. The fraction of sp³-hybridized carbons (Fsp3) is 0.452. The molecular weight excluding hydrogens is 578 g/mol.